The summed E-state index contributed by atoms with van der Waals surface area (Å²) < 4.78 is 6.90. The van der Waals surface area contributed by atoms with Gasteiger partial charge in [-0.25, -0.2) is 9.97 Å². The molecule has 0 unspecified atom stereocenters. The number of amides is 1. The first kappa shape index (κ1) is 20.9. The van der Waals surface area contributed by atoms with Gasteiger partial charge >= 0.3 is 0 Å². The zero-order valence-electron chi connectivity index (χ0n) is 18.0. The summed E-state index contributed by atoms with van der Waals surface area (Å²) in [5, 5.41) is 4.55. The van der Waals surface area contributed by atoms with Gasteiger partial charge in [-0.1, -0.05) is 17.3 Å². The van der Waals surface area contributed by atoms with Crippen LogP contribution in [0.4, 0.5) is 0 Å². The molecular weight excluding hydrogens is 422 g/mol. The number of aromatic nitrogens is 6. The van der Waals surface area contributed by atoms with Crippen LogP contribution in [0.2, 0.25) is 0 Å². The number of para-hydroxylation sites is 1. The molecule has 10 heteroatoms. The van der Waals surface area contributed by atoms with Crippen LogP contribution in [0.1, 0.15) is 25.2 Å². The van der Waals surface area contributed by atoms with Crippen molar-refractivity contribution in [3.05, 3.63) is 65.4 Å². The lowest BCUT2D eigenvalue weighted by Crippen LogP contribution is -2.41. The maximum atomic E-state index is 12.9. The molecule has 1 atom stereocenters. The number of rotatable bonds is 6. The molecule has 1 aliphatic heterocycles. The van der Waals surface area contributed by atoms with E-state index in [1.807, 2.05) is 17.0 Å². The summed E-state index contributed by atoms with van der Waals surface area (Å²) in [6, 6.07) is 7.22. The van der Waals surface area contributed by atoms with Crippen LogP contribution < -0.4 is 5.56 Å². The number of hydrogen-bond acceptors (Lipinski definition) is 8. The quantitative estimate of drug-likeness (QED) is 0.443. The zero-order chi connectivity index (χ0) is 22.6. The zero-order valence-corrected chi connectivity index (χ0v) is 18.0. The SMILES string of the molecule is O=C(CCn1cnc2ccccc2c1=O)N1CCC[C@H](Cc2nc(-c3cnccn3)no2)C1. The van der Waals surface area contributed by atoms with Crippen molar-refractivity contribution in [1.29, 1.82) is 0 Å². The molecule has 1 aliphatic rings. The van der Waals surface area contributed by atoms with Gasteiger partial charge in [-0.3, -0.25) is 19.1 Å². The summed E-state index contributed by atoms with van der Waals surface area (Å²) in [6.45, 7) is 1.66. The predicted octanol–water partition coefficient (Wildman–Crippen LogP) is 2.11. The summed E-state index contributed by atoms with van der Waals surface area (Å²) in [6.07, 6.45) is 9.03. The average molecular weight is 445 g/mol. The highest BCUT2D eigenvalue weighted by molar-refractivity contribution is 5.77. The maximum absolute atomic E-state index is 12.9. The van der Waals surface area contributed by atoms with Crippen LogP contribution in [-0.4, -0.2) is 53.6 Å². The van der Waals surface area contributed by atoms with Crippen molar-refractivity contribution in [3.8, 4) is 11.5 Å². The van der Waals surface area contributed by atoms with Crippen LogP contribution in [-0.2, 0) is 17.8 Å². The van der Waals surface area contributed by atoms with E-state index in [2.05, 4.69) is 25.1 Å². The van der Waals surface area contributed by atoms with Crippen LogP contribution in [0.15, 0.2) is 58.5 Å². The Labute approximate surface area is 189 Å². The molecule has 0 aliphatic carbocycles. The highest BCUT2D eigenvalue weighted by Crippen LogP contribution is 2.22. The molecule has 3 aromatic heterocycles. The number of carbonyl (C=O) groups is 1. The summed E-state index contributed by atoms with van der Waals surface area (Å²) in [7, 11) is 0. The molecule has 0 spiro atoms. The Morgan fingerprint density at radius 1 is 1.18 bits per heavy atom. The lowest BCUT2D eigenvalue weighted by atomic mass is 9.94. The maximum Gasteiger partial charge on any atom is 0.261 e. The summed E-state index contributed by atoms with van der Waals surface area (Å²) in [4.78, 5) is 44.3. The van der Waals surface area contributed by atoms with Gasteiger partial charge in [0.25, 0.3) is 5.56 Å². The van der Waals surface area contributed by atoms with Crippen molar-refractivity contribution in [3.63, 3.8) is 0 Å². The lowest BCUT2D eigenvalue weighted by molar-refractivity contribution is -0.133. The third-order valence-corrected chi connectivity index (χ3v) is 5.89. The van der Waals surface area contributed by atoms with Crippen LogP contribution in [0.25, 0.3) is 22.4 Å². The fraction of sp³-hybridized carbons (Fsp3) is 0.348. The summed E-state index contributed by atoms with van der Waals surface area (Å²) in [5.74, 6) is 1.22. The van der Waals surface area contributed by atoms with E-state index < -0.39 is 0 Å². The van der Waals surface area contributed by atoms with Crippen LogP contribution >= 0.6 is 0 Å². The molecule has 1 saturated heterocycles. The van der Waals surface area contributed by atoms with Crippen molar-refractivity contribution in [2.75, 3.05) is 13.1 Å². The number of likely N-dealkylation sites (tertiary alicyclic amines) is 1. The number of piperidine rings is 1. The normalized spacial score (nSPS) is 16.2. The van der Waals surface area contributed by atoms with Gasteiger partial charge in [0.1, 0.15) is 5.69 Å². The second-order valence-corrected chi connectivity index (χ2v) is 8.16. The fourth-order valence-electron chi connectivity index (χ4n) is 4.20. The molecule has 0 bridgehead atoms. The monoisotopic (exact) mass is 445 g/mol. The van der Waals surface area contributed by atoms with Crippen molar-refractivity contribution >= 4 is 16.8 Å². The average Bonchev–Trinajstić information content (AvgIpc) is 3.33. The third kappa shape index (κ3) is 4.64. The molecule has 0 radical (unpaired) electrons. The number of hydrogen-bond donors (Lipinski definition) is 0. The van der Waals surface area contributed by atoms with E-state index in [0.717, 1.165) is 19.4 Å². The minimum absolute atomic E-state index is 0.0329. The van der Waals surface area contributed by atoms with Gasteiger partial charge in [-0.2, -0.15) is 4.98 Å². The fourth-order valence-corrected chi connectivity index (χ4v) is 4.20. The smallest absolute Gasteiger partial charge is 0.261 e. The van der Waals surface area contributed by atoms with Crippen molar-refractivity contribution in [1.82, 2.24) is 34.6 Å². The Balaban J connectivity index is 1.19. The number of fused-ring (bicyclic) bond motifs is 1. The number of benzene rings is 1. The Morgan fingerprint density at radius 3 is 2.97 bits per heavy atom. The van der Waals surface area contributed by atoms with Gasteiger partial charge in [-0.15, -0.1) is 0 Å². The van der Waals surface area contributed by atoms with Gasteiger partial charge in [-0.05, 0) is 30.9 Å². The molecule has 5 rings (SSSR count). The van der Waals surface area contributed by atoms with E-state index in [0.29, 0.717) is 47.8 Å². The minimum Gasteiger partial charge on any atom is -0.342 e. The van der Waals surface area contributed by atoms with E-state index in [-0.39, 0.29) is 23.8 Å². The molecule has 1 fully saturated rings. The van der Waals surface area contributed by atoms with Crippen LogP contribution in [0, 0.1) is 5.92 Å². The van der Waals surface area contributed by atoms with E-state index >= 15 is 0 Å². The van der Waals surface area contributed by atoms with E-state index in [4.69, 9.17) is 4.52 Å². The van der Waals surface area contributed by atoms with Gasteiger partial charge in [0.05, 0.1) is 23.4 Å². The predicted molar refractivity (Wildman–Crippen MR) is 119 cm³/mol. The summed E-state index contributed by atoms with van der Waals surface area (Å²) in [5.41, 5.74) is 1.10. The molecule has 1 aromatic carbocycles. The second kappa shape index (κ2) is 9.27. The van der Waals surface area contributed by atoms with E-state index in [9.17, 15) is 9.59 Å². The van der Waals surface area contributed by atoms with Crippen LogP contribution in [0.5, 0.6) is 0 Å². The molecule has 168 valence electrons. The molecule has 0 saturated carbocycles. The molecule has 4 heterocycles. The third-order valence-electron chi connectivity index (χ3n) is 5.89. The van der Waals surface area contributed by atoms with E-state index in [1.165, 1.54) is 10.9 Å². The highest BCUT2D eigenvalue weighted by Gasteiger charge is 2.25. The molecule has 1 amide bonds. The van der Waals surface area contributed by atoms with Gasteiger partial charge in [0, 0.05) is 44.9 Å². The number of nitrogens with zero attached hydrogens (tertiary/aromatic N) is 7. The molecule has 10 nitrogen and oxygen atoms in total. The number of aryl methyl sites for hydroxylation is 1. The first-order valence-electron chi connectivity index (χ1n) is 11.0. The van der Waals surface area contributed by atoms with Crippen molar-refractivity contribution in [2.24, 2.45) is 5.92 Å². The van der Waals surface area contributed by atoms with Gasteiger partial charge < -0.3 is 9.42 Å². The Morgan fingerprint density at radius 2 is 2.09 bits per heavy atom. The molecule has 33 heavy (non-hydrogen) atoms. The van der Waals surface area contributed by atoms with Crippen LogP contribution in [0.3, 0.4) is 0 Å². The Bertz CT molecular complexity index is 1320. The number of carbonyl (C=O) groups excluding carboxylic acids is 1. The summed E-state index contributed by atoms with van der Waals surface area (Å²) >= 11 is 0. The standard InChI is InChI=1S/C23H23N7O3/c31-21(7-11-30-15-26-18-6-2-1-5-17(18)23(30)32)29-10-3-4-16(14-29)12-20-27-22(28-33-20)19-13-24-8-9-25-19/h1-2,5-6,8-9,13,15-16H,3-4,7,10-12,14H2/t16-/m1/s1. The minimum atomic E-state index is -0.125. The first-order valence-corrected chi connectivity index (χ1v) is 11.0. The highest BCUT2D eigenvalue weighted by atomic mass is 16.5. The molecule has 4 aromatic rings. The molecular formula is C23H23N7O3. The lowest BCUT2D eigenvalue weighted by Gasteiger charge is -2.32. The van der Waals surface area contributed by atoms with Gasteiger partial charge in [0.2, 0.25) is 17.6 Å². The molecule has 0 N–H and O–H groups in total. The Hall–Kier alpha value is -3.95. The Kier molecular flexibility index (Phi) is 5.88. The second-order valence-electron chi connectivity index (χ2n) is 8.16. The van der Waals surface area contributed by atoms with Crippen molar-refractivity contribution < 1.29 is 9.32 Å². The first-order chi connectivity index (χ1) is 16.2. The van der Waals surface area contributed by atoms with E-state index in [1.54, 1.807) is 30.7 Å². The topological polar surface area (TPSA) is 120 Å². The largest absolute Gasteiger partial charge is 0.342 e. The van der Waals surface area contributed by atoms with Crippen molar-refractivity contribution in [2.45, 2.75) is 32.2 Å². The van der Waals surface area contributed by atoms with Gasteiger partial charge in [0.15, 0.2) is 0 Å².